The summed E-state index contributed by atoms with van der Waals surface area (Å²) in [5.74, 6) is -0.379. The molecule has 708 valence electrons. The van der Waals surface area contributed by atoms with Crippen LogP contribution < -0.4 is 0 Å². The Morgan fingerprint density at radius 2 is 0.667 bits per heavy atom. The number of hydrogen-bond acceptors (Lipinski definition) is 2. The van der Waals surface area contributed by atoms with Crippen LogP contribution in [0.1, 0.15) is 7.43 Å². The third-order valence-electron chi connectivity index (χ3n) is 31.1. The summed E-state index contributed by atoms with van der Waals surface area (Å²) >= 11 is 198. The molecule has 10 heterocycles. The minimum atomic E-state index is -3.08. The van der Waals surface area contributed by atoms with Crippen molar-refractivity contribution in [2.75, 3.05) is 12.5 Å². The molecule has 0 saturated carbocycles. The third-order valence-corrected chi connectivity index (χ3v) is 692. The van der Waals surface area contributed by atoms with Crippen LogP contribution in [-0.4, -0.2) is 347 Å². The number of halogens is 36. The van der Waals surface area contributed by atoms with Crippen molar-refractivity contribution in [1.29, 1.82) is 0 Å². The van der Waals surface area contributed by atoms with Gasteiger partial charge in [-0.25, -0.2) is 0 Å². The molecule has 10 aliphatic rings. The maximum Gasteiger partial charge on any atom is 0.342 e. The van der Waals surface area contributed by atoms with Crippen molar-refractivity contribution in [2.24, 2.45) is 0 Å². The lowest BCUT2D eigenvalue weighted by atomic mass is 10.9. The summed E-state index contributed by atoms with van der Waals surface area (Å²) in [4.78, 5) is 0. The molecule has 21 atom stereocenters. The van der Waals surface area contributed by atoms with Gasteiger partial charge in [-0.3, -0.25) is 0 Å². The van der Waals surface area contributed by atoms with Crippen molar-refractivity contribution < 1.29 is 0 Å². The van der Waals surface area contributed by atoms with Crippen LogP contribution >= 0.6 is 420 Å². The third kappa shape index (κ3) is 33.0. The molecule has 10 rings (SSSR count). The van der Waals surface area contributed by atoms with Gasteiger partial charge < -0.3 is 0 Å². The molecule has 0 N–H and O–H groups in total. The number of rotatable bonds is 14. The zero-order chi connectivity index (χ0) is 93.4. The first-order valence-corrected chi connectivity index (χ1v) is 191. The molecule has 10 saturated heterocycles. The van der Waals surface area contributed by atoms with Gasteiger partial charge in [-0.2, -0.15) is 77.8 Å². The normalized spacial score (nSPS) is 40.3. The first-order chi connectivity index (χ1) is 51.6. The summed E-state index contributed by atoms with van der Waals surface area (Å²) in [7, 11) is 31.5. The second-order valence-corrected chi connectivity index (χ2v) is 415. The van der Waals surface area contributed by atoms with Crippen LogP contribution in [0, 0.1) is 0 Å². The fourth-order valence-corrected chi connectivity index (χ4v) is 747. The zero-order valence-corrected chi connectivity index (χ0v) is 155. The first kappa shape index (κ1) is 142. The average Bonchev–Trinajstić information content (AvgIpc) is 1.01. The Kier molecular flexibility index (Phi) is 69.1. The minimum Gasteiger partial charge on any atom is -0.199 e. The Morgan fingerprint density at radius 3 is 0.769 bits per heavy atom. The molecule has 0 spiro atoms. The van der Waals surface area contributed by atoms with Gasteiger partial charge in [0.15, 0.2) is 6.63 Å². The Bertz CT molecular complexity index is 2760. The van der Waals surface area contributed by atoms with Crippen molar-refractivity contribution in [1.82, 2.24) is 0 Å². The monoisotopic (exact) mass is 3090 g/mol. The van der Waals surface area contributed by atoms with E-state index < -0.39 is 116 Å². The highest BCUT2D eigenvalue weighted by molar-refractivity contribution is 8.45. The van der Waals surface area contributed by atoms with E-state index in [4.69, 9.17) is 355 Å². The Hall–Kier alpha value is 20.5. The molecular weight excluding hydrogens is 2980 g/mol. The van der Waals surface area contributed by atoms with Gasteiger partial charge in [0.25, 0.3) is 18.6 Å². The topological polar surface area (TPSA) is 0 Å². The van der Waals surface area contributed by atoms with E-state index in [0.29, 0.717) is 78.4 Å². The molecule has 0 amide bonds. The Morgan fingerprint density at radius 1 is 0.359 bits per heavy atom. The SMILES string of the molecule is C.CS[Si]1(C)C([SiH3])C([SiH3])[SiH]1C.C[SiH2][Si]1(C)C([SiH3])C([SiH3])[Si]1(C)[SiH2]C.C[SiH2][Si]1(SC)[SiH2]C([SiH3])C[SiH]1C.C[SiH2][Si]1([SiH2]C)C([SiH3])C([SiH3])[SiH]1C.C[SiH]1C([SiH3])C([SiH3])[SiH]1C.ClCl.ClCl.Cl[Si](Cl)(Cl)[Si]1(Cl)CC[Si]1(Cl)Cl.Cl[Si](Cl)(Cl)[Si]1(Cl)CC[Si]1(Cl)[Si](Cl)(Cl)Cl.Cl[Si](Cl)(Cl)[Si]1([Si](Cl)(Cl)Cl)CC[Si]1(Cl)Cl.Cl[Si](Cl)(Cl)[Si]1([Si](Cl)(Cl)Cl)[SiH2]CC[SiH2]1.Cl[Si]1(Cl)CC[Si]1(Cl)Cl. The molecule has 0 aromatic rings. The van der Waals surface area contributed by atoms with E-state index in [9.17, 15) is 0 Å². The van der Waals surface area contributed by atoms with Crippen molar-refractivity contribution in [3.63, 3.8) is 0 Å². The van der Waals surface area contributed by atoms with Crippen molar-refractivity contribution in [3.05, 3.63) is 0 Å². The van der Waals surface area contributed by atoms with Gasteiger partial charge in [-0.05, 0) is 54.8 Å². The van der Waals surface area contributed by atoms with E-state index in [0.717, 1.165) is 24.2 Å². The Labute approximate surface area is 955 Å². The fraction of sp³-hybridized carbons (Fsp3) is 1.00. The van der Waals surface area contributed by atoms with E-state index in [2.05, 4.69) is 163 Å². The second-order valence-electron chi connectivity index (χ2n) is 34.7. The van der Waals surface area contributed by atoms with Crippen LogP contribution in [0.3, 0.4) is 0 Å². The lowest BCUT2D eigenvalue weighted by Gasteiger charge is -2.64. The molecule has 0 aromatic carbocycles. The van der Waals surface area contributed by atoms with Crippen LogP contribution in [-0.2, 0) is 0 Å². The van der Waals surface area contributed by atoms with E-state index in [1.807, 2.05) is 0 Å². The van der Waals surface area contributed by atoms with Gasteiger partial charge in [-0.15, -0.1) is 299 Å². The van der Waals surface area contributed by atoms with E-state index in [1.165, 1.54) is 79.1 Å². The fourth-order valence-electron chi connectivity index (χ4n) is 19.2. The van der Waals surface area contributed by atoms with Gasteiger partial charge in [-0.1, -0.05) is 163 Å². The van der Waals surface area contributed by atoms with Gasteiger partial charge in [0.1, 0.15) is 12.9 Å². The van der Waals surface area contributed by atoms with Gasteiger partial charge >= 0.3 is 38.6 Å². The smallest absolute Gasteiger partial charge is 0.199 e. The van der Waals surface area contributed by atoms with Crippen LogP contribution in [0.5, 0.6) is 0 Å². The highest BCUT2D eigenvalue weighted by atomic mass is 36.5. The predicted octanol–water partition coefficient (Wildman–Crippen LogP) is 13.6. The molecule has 10 fully saturated rings. The molecular formula is C36H128Cl36S2Si43. The van der Waals surface area contributed by atoms with Crippen LogP contribution in [0.25, 0.3) is 0 Å². The largest absolute Gasteiger partial charge is 0.342 e. The summed E-state index contributed by atoms with van der Waals surface area (Å²) < 4.78 is 0. The molecule has 0 radical (unpaired) electrons. The summed E-state index contributed by atoms with van der Waals surface area (Å²) in [6, 6.07) is 10.4. The summed E-state index contributed by atoms with van der Waals surface area (Å²) in [6.07, 6.45) is -13.7. The number of hydrogen-bond donors (Lipinski definition) is 0. The molecule has 0 nitrogen and oxygen atoms in total. The predicted molar refractivity (Wildman–Crippen MR) is 722 cm³/mol. The summed E-state index contributed by atoms with van der Waals surface area (Å²) in [5.41, 5.74) is -20.3. The summed E-state index contributed by atoms with van der Waals surface area (Å²) in [5, 5.41) is 12.5. The van der Waals surface area contributed by atoms with E-state index in [-0.39, 0.29) is 79.5 Å². The molecule has 117 heavy (non-hydrogen) atoms. The zero-order valence-electron chi connectivity index (χ0n) is 70.4. The minimum absolute atomic E-state index is 0. The molecule has 0 bridgehead atoms. The molecule has 0 aromatic heterocycles. The van der Waals surface area contributed by atoms with Crippen molar-refractivity contribution >= 4 is 755 Å². The first-order valence-electron chi connectivity index (χ1n) is 39.1. The van der Waals surface area contributed by atoms with E-state index in [1.54, 1.807) is 77.7 Å². The highest BCUT2D eigenvalue weighted by Gasteiger charge is 2.83. The van der Waals surface area contributed by atoms with Crippen molar-refractivity contribution in [3.8, 4) is 0 Å². The maximum atomic E-state index is 6.39. The van der Waals surface area contributed by atoms with Crippen molar-refractivity contribution in [2.45, 2.75) is 206 Å². The Balaban J connectivity index is -0.00000123. The maximum absolute atomic E-state index is 6.39. The van der Waals surface area contributed by atoms with E-state index >= 15 is 0 Å². The quantitative estimate of drug-likeness (QED) is 0.126. The molecule has 10 aliphatic heterocycles. The molecule has 81 heteroatoms. The van der Waals surface area contributed by atoms with Gasteiger partial charge in [0, 0.05) is 270 Å². The van der Waals surface area contributed by atoms with Gasteiger partial charge in [0.05, 0.1) is 5.78 Å². The van der Waals surface area contributed by atoms with Crippen LogP contribution in [0.15, 0.2) is 0 Å². The standard InChI is InChI=1S/C6H24Si6.C5H20SSi5.C5H18SSi4.C5H22Si6.C4H16Si4.2C2H4Cl8Si4.C2H8Cl6Si5.C2H4Cl6Si3.C2H4Cl4Si2.CH4.2Cl2/c1-9-11(3)5(7)6(8)12(11,4)10-2;1-6-11(8-2)9-5(7)4-10(11)3;1-6-10(3)5(8)4(7)9(10)2;1-8-11(9-2)5(7)4(6)10(11)3;1-7-3(5)4(6)8(7)2;3-11(13(5,6)7)1-2-12(11,4)14(8,9)10;3-11(4)1-2-12(11,13(5,6)7)14(8,9)10;3-11(4,5)13(12(6,7)8)9-1-2-10-13;3-9(4)1-2-10(9,5)11(6,7)8;3-7(4)1-2-8(7,5)6;;2*1-2/h5-6H,9-10H2,1-4,7-8H3;5,10H,4,8-9H2,1-3,7H3;4-5,9H,1-3,7-8H3;4-5,10H,8-9H2,1-3,6-7H3;3-4,7-8H,1-2,5-6H3;2*1-2H2;1-2,9-10H2;1-2H2;1-2H2;1H4;;. The lowest BCUT2D eigenvalue weighted by Crippen LogP contribution is -2.83. The summed E-state index contributed by atoms with van der Waals surface area (Å²) in [6.45, 7) is 31.4. The molecule has 0 aliphatic carbocycles. The van der Waals surface area contributed by atoms with Crippen LogP contribution in [0.4, 0.5) is 0 Å². The van der Waals surface area contributed by atoms with Crippen LogP contribution in [0.2, 0.25) is 198 Å². The van der Waals surface area contributed by atoms with Gasteiger partial charge in [0.2, 0.25) is 25.5 Å². The highest BCUT2D eigenvalue weighted by Crippen LogP contribution is 2.64. The second kappa shape index (κ2) is 57.1. The average molecular weight is 3110 g/mol. The lowest BCUT2D eigenvalue weighted by molar-refractivity contribution is 1.12. The molecule has 21 unspecified atom stereocenters.